The molecule has 154 valence electrons. The lowest BCUT2D eigenvalue weighted by Gasteiger charge is -2.43. The van der Waals surface area contributed by atoms with Crippen LogP contribution < -0.4 is 5.73 Å². The first-order valence-corrected chi connectivity index (χ1v) is 8.82. The molecule has 0 unspecified atom stereocenters. The highest BCUT2D eigenvalue weighted by Crippen LogP contribution is 2.28. The van der Waals surface area contributed by atoms with Crippen LogP contribution in [-0.2, 0) is 44.7 Å². The molecule has 2 rings (SSSR count). The van der Waals surface area contributed by atoms with E-state index < -0.39 is 48.6 Å². The molecule has 9 nitrogen and oxygen atoms in total. The molecule has 1 fully saturated rings. The summed E-state index contributed by atoms with van der Waals surface area (Å²) in [6, 6.07) is 9.29. The van der Waals surface area contributed by atoms with Crippen LogP contribution in [0.2, 0.25) is 0 Å². The Hall–Kier alpha value is -2.49. The Morgan fingerprint density at radius 1 is 0.929 bits per heavy atom. The summed E-state index contributed by atoms with van der Waals surface area (Å²) in [5.74, 6) is -1.70. The van der Waals surface area contributed by atoms with Crippen molar-refractivity contribution >= 4 is 17.9 Å². The highest BCUT2D eigenvalue weighted by atomic mass is 16.6. The fraction of sp³-hybridized carbons (Fsp3) is 0.526. The maximum absolute atomic E-state index is 11.6. The molecule has 9 heteroatoms. The van der Waals surface area contributed by atoms with E-state index in [4.69, 9.17) is 29.4 Å². The van der Waals surface area contributed by atoms with Crippen LogP contribution in [0.4, 0.5) is 0 Å². The van der Waals surface area contributed by atoms with Gasteiger partial charge in [0.15, 0.2) is 12.2 Å². The number of carbonyl (C=O) groups excluding carboxylic acids is 3. The van der Waals surface area contributed by atoms with E-state index in [0.717, 1.165) is 5.56 Å². The van der Waals surface area contributed by atoms with Gasteiger partial charge in [-0.05, 0) is 5.56 Å². The topological polar surface area (TPSA) is 123 Å². The average molecular weight is 395 g/mol. The first kappa shape index (κ1) is 21.8. The monoisotopic (exact) mass is 395 g/mol. The molecular weight excluding hydrogens is 370 g/mol. The van der Waals surface area contributed by atoms with E-state index in [1.807, 2.05) is 30.3 Å². The van der Waals surface area contributed by atoms with E-state index in [1.165, 1.54) is 20.8 Å². The fourth-order valence-electron chi connectivity index (χ4n) is 2.89. The SMILES string of the molecule is CC(=O)OC[C@H]1O[C@@H](N)[C@H](OC(C)=O)[C@@H](OCc2ccccc2)[C@@H]1OC(C)=O. The number of ether oxygens (including phenoxy) is 5. The Labute approximate surface area is 163 Å². The number of benzene rings is 1. The molecule has 1 aliphatic heterocycles. The summed E-state index contributed by atoms with van der Waals surface area (Å²) >= 11 is 0. The number of carbonyl (C=O) groups is 3. The summed E-state index contributed by atoms with van der Waals surface area (Å²) in [6.07, 6.45) is -4.87. The van der Waals surface area contributed by atoms with E-state index in [9.17, 15) is 14.4 Å². The van der Waals surface area contributed by atoms with Gasteiger partial charge in [-0.1, -0.05) is 30.3 Å². The minimum Gasteiger partial charge on any atom is -0.463 e. The van der Waals surface area contributed by atoms with Gasteiger partial charge in [0, 0.05) is 20.8 Å². The Kier molecular flexibility index (Phi) is 7.91. The molecule has 1 aliphatic rings. The number of rotatable bonds is 7. The van der Waals surface area contributed by atoms with Gasteiger partial charge < -0.3 is 29.4 Å². The van der Waals surface area contributed by atoms with Crippen molar-refractivity contribution in [2.45, 2.75) is 58.0 Å². The Morgan fingerprint density at radius 2 is 1.54 bits per heavy atom. The molecule has 0 spiro atoms. The second-order valence-corrected chi connectivity index (χ2v) is 6.35. The van der Waals surface area contributed by atoms with E-state index >= 15 is 0 Å². The third kappa shape index (κ3) is 6.29. The molecule has 0 aliphatic carbocycles. The van der Waals surface area contributed by atoms with Crippen LogP contribution in [-0.4, -0.2) is 55.2 Å². The standard InChI is InChI=1S/C19H25NO8/c1-11(21)24-10-15-16(26-12(2)22)17(18(19(20)28-15)27-13(3)23)25-9-14-7-5-4-6-8-14/h4-8,15-19H,9-10,20H2,1-3H3/t15-,16-,17+,18-,19-/m1/s1. The molecule has 1 saturated heterocycles. The van der Waals surface area contributed by atoms with Crippen LogP contribution in [0.5, 0.6) is 0 Å². The molecule has 2 N–H and O–H groups in total. The highest BCUT2D eigenvalue weighted by Gasteiger charge is 2.49. The van der Waals surface area contributed by atoms with Gasteiger partial charge in [0.25, 0.3) is 0 Å². The normalized spacial score (nSPS) is 26.9. The van der Waals surface area contributed by atoms with Crippen molar-refractivity contribution in [3.05, 3.63) is 35.9 Å². The van der Waals surface area contributed by atoms with Gasteiger partial charge in [-0.15, -0.1) is 0 Å². The second kappa shape index (κ2) is 10.2. The van der Waals surface area contributed by atoms with Gasteiger partial charge >= 0.3 is 17.9 Å². The van der Waals surface area contributed by atoms with Crippen molar-refractivity contribution in [3.8, 4) is 0 Å². The van der Waals surface area contributed by atoms with Crippen LogP contribution in [0.15, 0.2) is 30.3 Å². The zero-order valence-electron chi connectivity index (χ0n) is 16.0. The van der Waals surface area contributed by atoms with Gasteiger partial charge in [-0.3, -0.25) is 14.4 Å². The summed E-state index contributed by atoms with van der Waals surface area (Å²) in [5, 5.41) is 0. The van der Waals surface area contributed by atoms with Gasteiger partial charge in [0.2, 0.25) is 0 Å². The van der Waals surface area contributed by atoms with Crippen LogP contribution in [0, 0.1) is 0 Å². The maximum Gasteiger partial charge on any atom is 0.303 e. The van der Waals surface area contributed by atoms with Crippen molar-refractivity contribution in [2.75, 3.05) is 6.61 Å². The molecule has 28 heavy (non-hydrogen) atoms. The predicted molar refractivity (Wildman–Crippen MR) is 95.6 cm³/mol. The van der Waals surface area contributed by atoms with Crippen molar-refractivity contribution < 1.29 is 38.1 Å². The number of nitrogens with two attached hydrogens (primary N) is 1. The highest BCUT2D eigenvalue weighted by molar-refractivity contribution is 5.67. The minimum absolute atomic E-state index is 0.161. The molecule has 1 aromatic carbocycles. The number of hydrogen-bond acceptors (Lipinski definition) is 9. The molecule has 0 radical (unpaired) electrons. The summed E-state index contributed by atoms with van der Waals surface area (Å²) in [7, 11) is 0. The summed E-state index contributed by atoms with van der Waals surface area (Å²) in [6.45, 7) is 3.67. The average Bonchev–Trinajstić information content (AvgIpc) is 2.62. The lowest BCUT2D eigenvalue weighted by Crippen LogP contribution is -2.64. The predicted octanol–water partition coefficient (Wildman–Crippen LogP) is 0.682. The molecule has 0 amide bonds. The van der Waals surface area contributed by atoms with Crippen molar-refractivity contribution in [1.29, 1.82) is 0 Å². The Bertz CT molecular complexity index is 680. The van der Waals surface area contributed by atoms with Crippen LogP contribution in [0.25, 0.3) is 0 Å². The lowest BCUT2D eigenvalue weighted by molar-refractivity contribution is -0.256. The first-order valence-electron chi connectivity index (χ1n) is 8.82. The summed E-state index contributed by atoms with van der Waals surface area (Å²) in [5.41, 5.74) is 6.88. The number of esters is 3. The number of hydrogen-bond donors (Lipinski definition) is 1. The molecule has 1 heterocycles. The van der Waals surface area contributed by atoms with Crippen LogP contribution in [0.1, 0.15) is 26.3 Å². The third-order valence-electron chi connectivity index (χ3n) is 4.01. The molecule has 0 bridgehead atoms. The van der Waals surface area contributed by atoms with Gasteiger partial charge in [-0.2, -0.15) is 0 Å². The molecule has 1 aromatic rings. The van der Waals surface area contributed by atoms with Gasteiger partial charge in [0.05, 0.1) is 6.61 Å². The quantitative estimate of drug-likeness (QED) is 0.524. The van der Waals surface area contributed by atoms with Gasteiger partial charge in [0.1, 0.15) is 25.0 Å². The summed E-state index contributed by atoms with van der Waals surface area (Å²) in [4.78, 5) is 34.4. The van der Waals surface area contributed by atoms with E-state index in [1.54, 1.807) is 0 Å². The van der Waals surface area contributed by atoms with Crippen molar-refractivity contribution in [3.63, 3.8) is 0 Å². The smallest absolute Gasteiger partial charge is 0.303 e. The minimum atomic E-state index is -1.06. The lowest BCUT2D eigenvalue weighted by atomic mass is 9.97. The van der Waals surface area contributed by atoms with Crippen molar-refractivity contribution in [1.82, 2.24) is 0 Å². The zero-order chi connectivity index (χ0) is 20.7. The maximum atomic E-state index is 11.6. The summed E-state index contributed by atoms with van der Waals surface area (Å²) < 4.78 is 27.2. The second-order valence-electron chi connectivity index (χ2n) is 6.35. The fourth-order valence-corrected chi connectivity index (χ4v) is 2.89. The third-order valence-corrected chi connectivity index (χ3v) is 4.01. The van der Waals surface area contributed by atoms with Crippen LogP contribution in [0.3, 0.4) is 0 Å². The van der Waals surface area contributed by atoms with Crippen LogP contribution >= 0.6 is 0 Å². The first-order chi connectivity index (χ1) is 13.3. The molecule has 0 saturated carbocycles. The molecule has 5 atom stereocenters. The van der Waals surface area contributed by atoms with Crippen molar-refractivity contribution in [2.24, 2.45) is 5.73 Å². The largest absolute Gasteiger partial charge is 0.463 e. The van der Waals surface area contributed by atoms with E-state index in [2.05, 4.69) is 0 Å². The van der Waals surface area contributed by atoms with Gasteiger partial charge in [-0.25, -0.2) is 0 Å². The Morgan fingerprint density at radius 3 is 2.11 bits per heavy atom. The zero-order valence-corrected chi connectivity index (χ0v) is 16.0. The van der Waals surface area contributed by atoms with E-state index in [0.29, 0.717) is 0 Å². The Balaban J connectivity index is 2.26. The van der Waals surface area contributed by atoms with E-state index in [-0.39, 0.29) is 13.2 Å². The molecular formula is C19H25NO8. The molecule has 0 aromatic heterocycles.